The van der Waals surface area contributed by atoms with Crippen LogP contribution in [0.15, 0.2) is 53.6 Å². The first-order valence-corrected chi connectivity index (χ1v) is 9.43. The van der Waals surface area contributed by atoms with E-state index in [0.29, 0.717) is 0 Å². The topological polar surface area (TPSA) is 74.8 Å². The number of nitrogens with one attached hydrogen (secondary N) is 2. The van der Waals surface area contributed by atoms with Gasteiger partial charge in [0.2, 0.25) is 0 Å². The number of H-pyrrole nitrogens is 1. The summed E-state index contributed by atoms with van der Waals surface area (Å²) in [5, 5.41) is 3.10. The van der Waals surface area contributed by atoms with E-state index in [0.717, 1.165) is 39.4 Å². The van der Waals surface area contributed by atoms with Gasteiger partial charge in [0, 0.05) is 22.9 Å². The molecule has 2 aromatic heterocycles. The summed E-state index contributed by atoms with van der Waals surface area (Å²) in [5.41, 5.74) is 2.92. The first kappa shape index (κ1) is 16.7. The Labute approximate surface area is 155 Å². The second-order valence-corrected chi connectivity index (χ2v) is 7.72. The molecular formula is C20H19N3O2S. The number of aryl methyl sites for hydroxylation is 1. The lowest BCUT2D eigenvalue weighted by atomic mass is 9.78. The molecule has 2 heterocycles. The van der Waals surface area contributed by atoms with Gasteiger partial charge in [-0.3, -0.25) is 9.59 Å². The third-order valence-corrected chi connectivity index (χ3v) is 6.05. The molecule has 5 nitrogen and oxygen atoms in total. The Morgan fingerprint density at radius 2 is 2.00 bits per heavy atom. The van der Waals surface area contributed by atoms with Gasteiger partial charge in [0.15, 0.2) is 0 Å². The molecule has 1 aliphatic rings. The number of carbonyl (C=O) groups excluding carboxylic acids is 1. The van der Waals surface area contributed by atoms with Crippen LogP contribution in [0.25, 0.3) is 10.4 Å². The van der Waals surface area contributed by atoms with Crippen LogP contribution in [0.1, 0.15) is 39.7 Å². The Morgan fingerprint density at radius 3 is 2.73 bits per heavy atom. The molecule has 1 aliphatic carbocycles. The molecule has 0 bridgehead atoms. The predicted octanol–water partition coefficient (Wildman–Crippen LogP) is 3.48. The van der Waals surface area contributed by atoms with Crippen molar-refractivity contribution in [2.45, 2.75) is 31.7 Å². The fourth-order valence-corrected chi connectivity index (χ4v) is 4.39. The minimum Gasteiger partial charge on any atom is -0.349 e. The highest BCUT2D eigenvalue weighted by atomic mass is 32.1. The normalized spacial score (nSPS) is 19.0. The lowest BCUT2D eigenvalue weighted by Gasteiger charge is -2.35. The zero-order valence-electron chi connectivity index (χ0n) is 14.4. The Morgan fingerprint density at radius 1 is 1.23 bits per heavy atom. The van der Waals surface area contributed by atoms with Gasteiger partial charge in [-0.15, -0.1) is 11.3 Å². The van der Waals surface area contributed by atoms with Crippen LogP contribution >= 0.6 is 11.3 Å². The van der Waals surface area contributed by atoms with Crippen molar-refractivity contribution in [2.75, 3.05) is 0 Å². The number of thiophene rings is 1. The third-order valence-electron chi connectivity index (χ3n) is 4.77. The number of nitrogens with zero attached hydrogens (tertiary/aromatic N) is 1. The molecule has 0 spiro atoms. The third kappa shape index (κ3) is 3.32. The van der Waals surface area contributed by atoms with Crippen molar-refractivity contribution in [1.29, 1.82) is 0 Å². The van der Waals surface area contributed by atoms with Gasteiger partial charge in [-0.25, -0.2) is 4.98 Å². The molecule has 1 saturated carbocycles. The summed E-state index contributed by atoms with van der Waals surface area (Å²) in [7, 11) is 0. The van der Waals surface area contributed by atoms with Gasteiger partial charge >= 0.3 is 0 Å². The van der Waals surface area contributed by atoms with Crippen LogP contribution in [-0.2, 0) is 0 Å². The summed E-state index contributed by atoms with van der Waals surface area (Å²) in [5.74, 6) is 0.218. The largest absolute Gasteiger partial charge is 0.349 e. The second kappa shape index (κ2) is 6.88. The average molecular weight is 365 g/mol. The van der Waals surface area contributed by atoms with Gasteiger partial charge in [0.05, 0.1) is 16.9 Å². The van der Waals surface area contributed by atoms with E-state index in [9.17, 15) is 9.59 Å². The van der Waals surface area contributed by atoms with Crippen LogP contribution in [0.5, 0.6) is 0 Å². The van der Waals surface area contributed by atoms with E-state index < -0.39 is 0 Å². The molecule has 0 aliphatic heterocycles. The van der Waals surface area contributed by atoms with Gasteiger partial charge < -0.3 is 10.3 Å². The van der Waals surface area contributed by atoms with Crippen molar-refractivity contribution in [3.63, 3.8) is 0 Å². The van der Waals surface area contributed by atoms with Crippen LogP contribution in [0.4, 0.5) is 0 Å². The Hall–Kier alpha value is -2.73. The van der Waals surface area contributed by atoms with Crippen molar-refractivity contribution < 1.29 is 4.79 Å². The fraction of sp³-hybridized carbons (Fsp3) is 0.250. The lowest BCUT2D eigenvalue weighted by Crippen LogP contribution is -2.43. The molecule has 3 aromatic rings. The van der Waals surface area contributed by atoms with Crippen LogP contribution < -0.4 is 10.9 Å². The minimum absolute atomic E-state index is 0.0254. The van der Waals surface area contributed by atoms with Gasteiger partial charge in [-0.05, 0) is 37.0 Å². The quantitative estimate of drug-likeness (QED) is 0.743. The van der Waals surface area contributed by atoms with Crippen LogP contribution in [0.3, 0.4) is 0 Å². The summed E-state index contributed by atoms with van der Waals surface area (Å²) in [6.45, 7) is 2.04. The van der Waals surface area contributed by atoms with Gasteiger partial charge in [-0.2, -0.15) is 0 Å². The Bertz CT molecular complexity index is 988. The number of hydrogen-bond acceptors (Lipinski definition) is 4. The summed E-state index contributed by atoms with van der Waals surface area (Å²) >= 11 is 1.53. The van der Waals surface area contributed by atoms with Crippen molar-refractivity contribution in [1.82, 2.24) is 15.3 Å². The van der Waals surface area contributed by atoms with E-state index >= 15 is 0 Å². The van der Waals surface area contributed by atoms with Crippen molar-refractivity contribution in [3.05, 3.63) is 75.3 Å². The van der Waals surface area contributed by atoms with Crippen LogP contribution in [0, 0.1) is 6.92 Å². The maximum Gasteiger partial charge on any atom is 0.261 e. The van der Waals surface area contributed by atoms with Crippen LogP contribution in [-0.4, -0.2) is 21.9 Å². The second-order valence-electron chi connectivity index (χ2n) is 6.66. The molecule has 1 fully saturated rings. The zero-order valence-corrected chi connectivity index (χ0v) is 15.2. The molecule has 0 unspecified atom stereocenters. The molecule has 1 aromatic carbocycles. The number of aromatic amines is 1. The molecule has 0 radical (unpaired) electrons. The summed E-state index contributed by atoms with van der Waals surface area (Å²) in [6.07, 6.45) is 3.07. The van der Waals surface area contributed by atoms with E-state index in [1.807, 2.05) is 31.2 Å². The van der Waals surface area contributed by atoms with Gasteiger partial charge in [0.1, 0.15) is 0 Å². The highest BCUT2D eigenvalue weighted by Crippen LogP contribution is 2.36. The molecule has 1 amide bonds. The molecule has 2 N–H and O–H groups in total. The van der Waals surface area contributed by atoms with Crippen molar-refractivity contribution in [3.8, 4) is 10.4 Å². The number of carbonyl (C=O) groups is 1. The predicted molar refractivity (Wildman–Crippen MR) is 103 cm³/mol. The van der Waals surface area contributed by atoms with Crippen LogP contribution in [0.2, 0.25) is 0 Å². The molecule has 4 rings (SSSR count). The van der Waals surface area contributed by atoms with Gasteiger partial charge in [-0.1, -0.05) is 30.3 Å². The molecule has 132 valence electrons. The lowest BCUT2D eigenvalue weighted by molar-refractivity contribution is 0.0912. The van der Waals surface area contributed by atoms with E-state index in [4.69, 9.17) is 0 Å². The molecule has 0 atom stereocenters. The average Bonchev–Trinajstić information content (AvgIpc) is 3.00. The fourth-order valence-electron chi connectivity index (χ4n) is 3.31. The number of rotatable bonds is 4. The number of hydrogen-bond donors (Lipinski definition) is 2. The summed E-state index contributed by atoms with van der Waals surface area (Å²) in [4.78, 5) is 32.5. The highest BCUT2D eigenvalue weighted by Gasteiger charge is 2.33. The monoisotopic (exact) mass is 365 g/mol. The maximum atomic E-state index is 12.6. The number of benzene rings is 1. The molecular weight excluding hydrogens is 346 g/mol. The highest BCUT2D eigenvalue weighted by molar-refractivity contribution is 7.17. The Balaban J connectivity index is 1.40. The smallest absolute Gasteiger partial charge is 0.261 e. The minimum atomic E-state index is -0.134. The standard InChI is InChI=1S/C20H19N3O2S/c1-12-7-17(26-19(12)13-5-3-2-4-6-13)20(25)23-15-8-14(9-15)16-10-18(24)22-11-21-16/h2-7,10-11,14-15H,8-9H2,1H3,(H,23,25)(H,21,22,24). The van der Waals surface area contributed by atoms with Gasteiger partial charge in [0.25, 0.3) is 11.5 Å². The first-order chi connectivity index (χ1) is 12.6. The SMILES string of the molecule is Cc1cc(C(=O)NC2CC(c3cc(=O)[nH]cn3)C2)sc1-c1ccccc1. The number of aromatic nitrogens is 2. The van der Waals surface area contributed by atoms with Crippen molar-refractivity contribution >= 4 is 17.2 Å². The number of amides is 1. The van der Waals surface area contributed by atoms with Crippen molar-refractivity contribution in [2.24, 2.45) is 0 Å². The molecule has 26 heavy (non-hydrogen) atoms. The maximum absolute atomic E-state index is 12.6. The summed E-state index contributed by atoms with van der Waals surface area (Å²) in [6, 6.07) is 13.8. The first-order valence-electron chi connectivity index (χ1n) is 8.61. The summed E-state index contributed by atoms with van der Waals surface area (Å²) < 4.78 is 0. The Kier molecular flexibility index (Phi) is 4.42. The zero-order chi connectivity index (χ0) is 18.1. The molecule has 6 heteroatoms. The molecule has 0 saturated heterocycles. The van der Waals surface area contributed by atoms with E-state index in [2.05, 4.69) is 27.4 Å². The van der Waals surface area contributed by atoms with E-state index in [-0.39, 0.29) is 23.4 Å². The van der Waals surface area contributed by atoms with E-state index in [1.165, 1.54) is 23.7 Å². The van der Waals surface area contributed by atoms with E-state index in [1.54, 1.807) is 0 Å².